The summed E-state index contributed by atoms with van der Waals surface area (Å²) in [6.45, 7) is 1.66. The quantitative estimate of drug-likeness (QED) is 0.545. The van der Waals surface area contributed by atoms with Crippen LogP contribution in [-0.4, -0.2) is 71.9 Å². The van der Waals surface area contributed by atoms with E-state index in [1.165, 1.54) is 6.20 Å². The van der Waals surface area contributed by atoms with Crippen molar-refractivity contribution in [1.29, 1.82) is 0 Å². The van der Waals surface area contributed by atoms with E-state index in [-0.39, 0.29) is 15.8 Å². The average Bonchev–Trinajstić information content (AvgIpc) is 3.41. The minimum absolute atomic E-state index is 0.197. The van der Waals surface area contributed by atoms with Crippen molar-refractivity contribution >= 4 is 26.4 Å². The molecule has 0 N–H and O–H groups in total. The molecule has 0 aliphatic carbocycles. The highest BCUT2D eigenvalue weighted by Crippen LogP contribution is 2.44. The summed E-state index contributed by atoms with van der Waals surface area (Å²) in [4.78, 5) is 9.49. The van der Waals surface area contributed by atoms with Gasteiger partial charge < -0.3 is 19.1 Å². The lowest BCUT2D eigenvalue weighted by atomic mass is 10.1. The Bertz CT molecular complexity index is 1310. The van der Waals surface area contributed by atoms with Gasteiger partial charge in [0.15, 0.2) is 11.5 Å². The highest BCUT2D eigenvalue weighted by molar-refractivity contribution is 7.91. The van der Waals surface area contributed by atoms with E-state index in [1.54, 1.807) is 51.7 Å². The fraction of sp³-hybridized carbons (Fsp3) is 0.375. The molecule has 0 amide bonds. The van der Waals surface area contributed by atoms with Crippen molar-refractivity contribution in [2.75, 3.05) is 46.4 Å². The molecule has 5 rings (SSSR count). The van der Waals surface area contributed by atoms with Crippen molar-refractivity contribution < 1.29 is 22.6 Å². The SMILES string of the molecule is COc1ccc(S(=O)(=O)c2cnc3cc(OC)c(OC)cc3c2N2C[C@@H]3C[C@H]2CN3C)cc1. The molecule has 8 nitrogen and oxygen atoms in total. The Morgan fingerprint density at radius 2 is 1.64 bits per heavy atom. The van der Waals surface area contributed by atoms with Crippen LogP contribution in [0, 0.1) is 0 Å². The monoisotopic (exact) mass is 469 g/mol. The van der Waals surface area contributed by atoms with Crippen molar-refractivity contribution in [3.63, 3.8) is 0 Å². The molecule has 174 valence electrons. The highest BCUT2D eigenvalue weighted by Gasteiger charge is 2.43. The van der Waals surface area contributed by atoms with Crippen molar-refractivity contribution in [2.24, 2.45) is 0 Å². The maximum atomic E-state index is 13.8. The number of ether oxygens (including phenoxy) is 3. The van der Waals surface area contributed by atoms with E-state index >= 15 is 0 Å². The van der Waals surface area contributed by atoms with Gasteiger partial charge in [0, 0.05) is 42.8 Å². The van der Waals surface area contributed by atoms with Crippen LogP contribution in [0.3, 0.4) is 0 Å². The third kappa shape index (κ3) is 3.46. The molecule has 0 spiro atoms. The van der Waals surface area contributed by atoms with Crippen LogP contribution < -0.4 is 19.1 Å². The van der Waals surface area contributed by atoms with Gasteiger partial charge in [-0.25, -0.2) is 8.42 Å². The molecule has 2 atom stereocenters. The van der Waals surface area contributed by atoms with Gasteiger partial charge in [0.2, 0.25) is 9.84 Å². The van der Waals surface area contributed by atoms with Gasteiger partial charge in [0.05, 0.1) is 37.4 Å². The number of hydrogen-bond donors (Lipinski definition) is 0. The number of hydrogen-bond acceptors (Lipinski definition) is 8. The number of rotatable bonds is 6. The molecule has 9 heteroatoms. The number of likely N-dealkylation sites (tertiary alicyclic amines) is 1. The molecule has 0 unspecified atom stereocenters. The summed E-state index contributed by atoms with van der Waals surface area (Å²) in [6.07, 6.45) is 2.48. The molecule has 3 heterocycles. The van der Waals surface area contributed by atoms with Crippen molar-refractivity contribution in [2.45, 2.75) is 28.3 Å². The normalized spacial score (nSPS) is 20.4. The molecule has 0 radical (unpaired) electrons. The molecule has 2 bridgehead atoms. The number of fused-ring (bicyclic) bond motifs is 3. The largest absolute Gasteiger partial charge is 0.497 e. The molecule has 2 aliphatic heterocycles. The lowest BCUT2D eigenvalue weighted by molar-refractivity contribution is 0.292. The van der Waals surface area contributed by atoms with E-state index in [1.807, 2.05) is 6.07 Å². The number of aromatic nitrogens is 1. The molecule has 2 fully saturated rings. The van der Waals surface area contributed by atoms with Crippen molar-refractivity contribution in [1.82, 2.24) is 9.88 Å². The van der Waals surface area contributed by atoms with Crippen LogP contribution in [0.2, 0.25) is 0 Å². The fourth-order valence-electron chi connectivity index (χ4n) is 5.00. The van der Waals surface area contributed by atoms with Crippen molar-refractivity contribution in [3.05, 3.63) is 42.6 Å². The first-order valence-corrected chi connectivity index (χ1v) is 12.3. The van der Waals surface area contributed by atoms with Gasteiger partial charge in [-0.1, -0.05) is 0 Å². The average molecular weight is 470 g/mol. The summed E-state index contributed by atoms with van der Waals surface area (Å²) in [6, 6.07) is 10.7. The molecule has 3 aromatic rings. The first kappa shape index (κ1) is 21.8. The second-order valence-corrected chi connectivity index (χ2v) is 10.4. The lowest BCUT2D eigenvalue weighted by Crippen LogP contribution is -2.45. The predicted octanol–water partition coefficient (Wildman–Crippen LogP) is 2.99. The van der Waals surface area contributed by atoms with Crippen LogP contribution in [0.4, 0.5) is 5.69 Å². The summed E-state index contributed by atoms with van der Waals surface area (Å²) < 4.78 is 43.8. The third-order valence-electron chi connectivity index (χ3n) is 6.77. The van der Waals surface area contributed by atoms with Gasteiger partial charge in [-0.2, -0.15) is 0 Å². The predicted molar refractivity (Wildman–Crippen MR) is 125 cm³/mol. The van der Waals surface area contributed by atoms with Crippen LogP contribution in [-0.2, 0) is 9.84 Å². The topological polar surface area (TPSA) is 81.2 Å². The standard InChI is InChI=1S/C24H27N3O5S/c1-26-13-16-9-15(26)14-27(16)24-19-10-21(31-3)22(32-4)11-20(19)25-12-23(24)33(28,29)18-7-5-17(30-2)6-8-18/h5-8,10-12,15-16H,9,13-14H2,1-4H3/t15-,16-/m0/s1. The van der Waals surface area contributed by atoms with Crippen molar-refractivity contribution in [3.8, 4) is 17.2 Å². The Labute approximate surface area is 193 Å². The highest BCUT2D eigenvalue weighted by atomic mass is 32.2. The second kappa shape index (κ2) is 8.07. The van der Waals surface area contributed by atoms with Gasteiger partial charge in [0.25, 0.3) is 0 Å². The summed E-state index contributed by atoms with van der Waals surface area (Å²) >= 11 is 0. The Morgan fingerprint density at radius 1 is 0.939 bits per heavy atom. The molecule has 0 saturated carbocycles. The van der Waals surface area contributed by atoms with Crippen LogP contribution >= 0.6 is 0 Å². The third-order valence-corrected chi connectivity index (χ3v) is 8.54. The Hall–Kier alpha value is -3.04. The summed E-state index contributed by atoms with van der Waals surface area (Å²) in [5.74, 6) is 1.69. The second-order valence-electron chi connectivity index (χ2n) is 8.51. The maximum absolute atomic E-state index is 13.8. The van der Waals surface area contributed by atoms with Gasteiger partial charge in [-0.05, 0) is 43.8 Å². The Kier molecular flexibility index (Phi) is 5.33. The van der Waals surface area contributed by atoms with Crippen LogP contribution in [0.15, 0.2) is 52.4 Å². The van der Waals surface area contributed by atoms with E-state index in [0.29, 0.717) is 34.5 Å². The molecular formula is C24H27N3O5S. The van der Waals surface area contributed by atoms with E-state index in [4.69, 9.17) is 14.2 Å². The zero-order chi connectivity index (χ0) is 23.3. The zero-order valence-corrected chi connectivity index (χ0v) is 19.9. The van der Waals surface area contributed by atoms with E-state index < -0.39 is 9.84 Å². The Morgan fingerprint density at radius 3 is 2.21 bits per heavy atom. The number of likely N-dealkylation sites (N-methyl/N-ethyl adjacent to an activating group) is 1. The Balaban J connectivity index is 1.74. The lowest BCUT2D eigenvalue weighted by Gasteiger charge is -2.35. The number of benzene rings is 2. The number of pyridine rings is 1. The molecule has 33 heavy (non-hydrogen) atoms. The van der Waals surface area contributed by atoms with E-state index in [9.17, 15) is 8.42 Å². The molecule has 2 saturated heterocycles. The van der Waals surface area contributed by atoms with Gasteiger partial charge in [0.1, 0.15) is 10.6 Å². The van der Waals surface area contributed by atoms with Gasteiger partial charge in [-0.3, -0.25) is 9.88 Å². The summed E-state index contributed by atoms with van der Waals surface area (Å²) in [5.41, 5.74) is 1.34. The van der Waals surface area contributed by atoms with Crippen LogP contribution in [0.1, 0.15) is 6.42 Å². The minimum Gasteiger partial charge on any atom is -0.497 e. The molecule has 1 aromatic heterocycles. The van der Waals surface area contributed by atoms with Crippen LogP contribution in [0.25, 0.3) is 10.9 Å². The summed E-state index contributed by atoms with van der Waals surface area (Å²) in [7, 11) is 2.98. The fourth-order valence-corrected chi connectivity index (χ4v) is 6.42. The maximum Gasteiger partial charge on any atom is 0.210 e. The smallest absolute Gasteiger partial charge is 0.210 e. The van der Waals surface area contributed by atoms with Gasteiger partial charge >= 0.3 is 0 Å². The number of methoxy groups -OCH3 is 3. The first-order chi connectivity index (χ1) is 15.9. The number of sulfone groups is 1. The minimum atomic E-state index is -3.83. The van der Waals surface area contributed by atoms with Crippen LogP contribution in [0.5, 0.6) is 17.2 Å². The molecule has 2 aromatic carbocycles. The first-order valence-electron chi connectivity index (χ1n) is 10.8. The number of nitrogens with zero attached hydrogens (tertiary/aromatic N) is 3. The van der Waals surface area contributed by atoms with Gasteiger partial charge in [-0.15, -0.1) is 0 Å². The summed E-state index contributed by atoms with van der Waals surface area (Å²) in [5, 5.41) is 0.734. The van der Waals surface area contributed by atoms with E-state index in [2.05, 4.69) is 21.8 Å². The number of anilines is 1. The zero-order valence-electron chi connectivity index (χ0n) is 19.1. The molecule has 2 aliphatic rings. The molecular weight excluding hydrogens is 442 g/mol. The number of piperazine rings is 1. The van der Waals surface area contributed by atoms with E-state index in [0.717, 1.165) is 24.9 Å².